The maximum absolute atomic E-state index is 12.9. The maximum Gasteiger partial charge on any atom is 0.338 e. The van der Waals surface area contributed by atoms with Crippen molar-refractivity contribution in [2.75, 3.05) is 24.7 Å². The molecule has 0 aliphatic carbocycles. The number of urea groups is 1. The summed E-state index contributed by atoms with van der Waals surface area (Å²) in [4.78, 5) is 40.3. The lowest BCUT2D eigenvalue weighted by Gasteiger charge is -2.32. The van der Waals surface area contributed by atoms with Gasteiger partial charge in [-0.3, -0.25) is 9.69 Å². The topological polar surface area (TPSA) is 87.7 Å². The fraction of sp³-hybridized carbons (Fsp3) is 0.227. The van der Waals surface area contributed by atoms with Crippen molar-refractivity contribution in [1.29, 1.82) is 0 Å². The van der Waals surface area contributed by atoms with Gasteiger partial charge in [0.05, 0.1) is 17.3 Å². The zero-order chi connectivity index (χ0) is 22.1. The van der Waals surface area contributed by atoms with Crippen LogP contribution >= 0.6 is 23.4 Å². The van der Waals surface area contributed by atoms with Gasteiger partial charge in [0.1, 0.15) is 13.2 Å². The summed E-state index contributed by atoms with van der Waals surface area (Å²) in [7, 11) is 0. The number of hydrogen-bond acceptors (Lipinski definition) is 5. The summed E-state index contributed by atoms with van der Waals surface area (Å²) in [6.07, 6.45) is 1.97. The molecular formula is C22H20ClN3O4S. The number of carbonyl (C=O) groups is 3. The van der Waals surface area contributed by atoms with Gasteiger partial charge in [-0.05, 0) is 48.6 Å². The van der Waals surface area contributed by atoms with E-state index in [1.165, 1.54) is 4.90 Å². The van der Waals surface area contributed by atoms with Gasteiger partial charge in [-0.1, -0.05) is 29.8 Å². The van der Waals surface area contributed by atoms with E-state index in [2.05, 4.69) is 10.6 Å². The Kier molecular flexibility index (Phi) is 5.93. The summed E-state index contributed by atoms with van der Waals surface area (Å²) < 4.78 is 5.21. The lowest BCUT2D eigenvalue weighted by Crippen LogP contribution is -2.49. The normalized spacial score (nSPS) is 17.9. The first-order valence-corrected chi connectivity index (χ1v) is 11.2. The quantitative estimate of drug-likeness (QED) is 0.525. The smallest absolute Gasteiger partial charge is 0.338 e. The molecule has 9 heteroatoms. The Labute approximate surface area is 188 Å². The van der Waals surface area contributed by atoms with Crippen LogP contribution < -0.4 is 10.6 Å². The lowest BCUT2D eigenvalue weighted by atomic mass is 9.96. The number of carbonyl (C=O) groups excluding carboxylic acids is 3. The van der Waals surface area contributed by atoms with Gasteiger partial charge < -0.3 is 15.4 Å². The van der Waals surface area contributed by atoms with E-state index in [-0.39, 0.29) is 13.2 Å². The Morgan fingerprint density at radius 3 is 2.71 bits per heavy atom. The first kappa shape index (κ1) is 21.3. The van der Waals surface area contributed by atoms with Crippen molar-refractivity contribution in [3.63, 3.8) is 0 Å². The fourth-order valence-electron chi connectivity index (χ4n) is 3.59. The van der Waals surface area contributed by atoms with Gasteiger partial charge in [0.2, 0.25) is 5.91 Å². The number of amides is 3. The zero-order valence-electron chi connectivity index (χ0n) is 16.9. The van der Waals surface area contributed by atoms with Crippen LogP contribution in [0.4, 0.5) is 10.5 Å². The first-order chi connectivity index (χ1) is 14.9. The van der Waals surface area contributed by atoms with Crippen molar-refractivity contribution in [3.05, 3.63) is 69.9 Å². The average molecular weight is 458 g/mol. The second-order valence-electron chi connectivity index (χ2n) is 7.19. The van der Waals surface area contributed by atoms with Crippen LogP contribution in [0.15, 0.2) is 58.6 Å². The van der Waals surface area contributed by atoms with E-state index in [1.54, 1.807) is 30.0 Å². The minimum absolute atomic E-state index is 0.0511. The first-order valence-electron chi connectivity index (χ1n) is 9.55. The molecule has 2 N–H and O–H groups in total. The third-order valence-corrected chi connectivity index (χ3v) is 6.20. The molecule has 0 bridgehead atoms. The largest absolute Gasteiger partial charge is 0.456 e. The number of halogens is 1. The molecule has 2 aliphatic rings. The molecule has 2 aliphatic heterocycles. The van der Waals surface area contributed by atoms with Gasteiger partial charge in [0.15, 0.2) is 0 Å². The number of aryl methyl sites for hydroxylation is 1. The summed E-state index contributed by atoms with van der Waals surface area (Å²) in [5.74, 6) is -0.903. The third kappa shape index (κ3) is 4.26. The van der Waals surface area contributed by atoms with Crippen molar-refractivity contribution in [2.45, 2.75) is 17.9 Å². The van der Waals surface area contributed by atoms with Crippen molar-refractivity contribution >= 4 is 47.0 Å². The minimum atomic E-state index is -0.622. The predicted octanol–water partition coefficient (Wildman–Crippen LogP) is 3.89. The Bertz CT molecular complexity index is 1100. The highest BCUT2D eigenvalue weighted by atomic mass is 35.5. The Morgan fingerprint density at radius 2 is 2.00 bits per heavy atom. The summed E-state index contributed by atoms with van der Waals surface area (Å²) in [6, 6.07) is 11.7. The van der Waals surface area contributed by atoms with Crippen LogP contribution in [0.2, 0.25) is 5.02 Å². The molecule has 2 heterocycles. The molecule has 2 aromatic carbocycles. The Hall–Kier alpha value is -2.97. The summed E-state index contributed by atoms with van der Waals surface area (Å²) in [5, 5.41) is 6.09. The lowest BCUT2D eigenvalue weighted by molar-refractivity contribution is -0.136. The molecular weight excluding hydrogens is 438 g/mol. The highest BCUT2D eigenvalue weighted by molar-refractivity contribution is 7.98. The van der Waals surface area contributed by atoms with E-state index in [9.17, 15) is 14.4 Å². The van der Waals surface area contributed by atoms with Gasteiger partial charge in [0.25, 0.3) is 0 Å². The van der Waals surface area contributed by atoms with Gasteiger partial charge in [-0.2, -0.15) is 0 Å². The summed E-state index contributed by atoms with van der Waals surface area (Å²) >= 11 is 7.61. The predicted molar refractivity (Wildman–Crippen MR) is 119 cm³/mol. The van der Waals surface area contributed by atoms with Crippen molar-refractivity contribution in [3.8, 4) is 0 Å². The number of esters is 1. The molecule has 0 saturated carbocycles. The Balaban J connectivity index is 1.59. The second-order valence-corrected chi connectivity index (χ2v) is 8.50. The van der Waals surface area contributed by atoms with E-state index < -0.39 is 23.9 Å². The number of anilines is 1. The van der Waals surface area contributed by atoms with E-state index in [4.69, 9.17) is 16.3 Å². The maximum atomic E-state index is 12.9. The van der Waals surface area contributed by atoms with Gasteiger partial charge in [0, 0.05) is 15.6 Å². The van der Waals surface area contributed by atoms with Crippen molar-refractivity contribution in [1.82, 2.24) is 10.2 Å². The summed E-state index contributed by atoms with van der Waals surface area (Å²) in [5.41, 5.74) is 2.94. The van der Waals surface area contributed by atoms with Crippen LogP contribution in [0.5, 0.6) is 0 Å². The standard InChI is InChI=1S/C22H20ClN3O4S/c1-12-3-6-14(23)9-16(12)24-18(27)10-26-17-11-30-21(28)19(17)20(25-22(26)29)13-4-7-15(31-2)8-5-13/h3-9,20H,10-11H2,1-2H3,(H,24,27)(H,25,29)/t20-/m0/s1. The minimum Gasteiger partial charge on any atom is -0.456 e. The van der Waals surface area contributed by atoms with E-state index in [0.29, 0.717) is 22.0 Å². The molecule has 0 aromatic heterocycles. The van der Waals surface area contributed by atoms with E-state index in [0.717, 1.165) is 16.0 Å². The number of ether oxygens (including phenoxy) is 1. The van der Waals surface area contributed by atoms with E-state index >= 15 is 0 Å². The van der Waals surface area contributed by atoms with Crippen LogP contribution in [0.3, 0.4) is 0 Å². The Morgan fingerprint density at radius 1 is 1.26 bits per heavy atom. The number of benzene rings is 2. The molecule has 0 unspecified atom stereocenters. The average Bonchev–Trinajstić information content (AvgIpc) is 3.14. The van der Waals surface area contributed by atoms with Gasteiger partial charge in [-0.25, -0.2) is 9.59 Å². The molecule has 0 saturated heterocycles. The number of nitrogens with zero attached hydrogens (tertiary/aromatic N) is 1. The third-order valence-electron chi connectivity index (χ3n) is 5.22. The zero-order valence-corrected chi connectivity index (χ0v) is 18.5. The number of hydrogen-bond donors (Lipinski definition) is 2. The highest BCUT2D eigenvalue weighted by Crippen LogP contribution is 2.35. The molecule has 0 radical (unpaired) electrons. The van der Waals surface area contributed by atoms with Crippen LogP contribution in [-0.2, 0) is 14.3 Å². The van der Waals surface area contributed by atoms with Crippen molar-refractivity contribution in [2.24, 2.45) is 0 Å². The van der Waals surface area contributed by atoms with Crippen LogP contribution in [0.1, 0.15) is 17.2 Å². The van der Waals surface area contributed by atoms with Crippen LogP contribution in [-0.4, -0.2) is 42.2 Å². The molecule has 0 spiro atoms. The van der Waals surface area contributed by atoms with Crippen LogP contribution in [0.25, 0.3) is 0 Å². The van der Waals surface area contributed by atoms with E-state index in [1.807, 2.05) is 37.4 Å². The second kappa shape index (κ2) is 8.64. The van der Waals surface area contributed by atoms with Crippen LogP contribution in [0, 0.1) is 6.92 Å². The molecule has 3 amide bonds. The molecule has 160 valence electrons. The monoisotopic (exact) mass is 457 g/mol. The molecule has 0 fully saturated rings. The van der Waals surface area contributed by atoms with Gasteiger partial charge in [-0.15, -0.1) is 11.8 Å². The highest BCUT2D eigenvalue weighted by Gasteiger charge is 2.42. The molecule has 1 atom stereocenters. The number of thioether (sulfide) groups is 1. The molecule has 2 aromatic rings. The molecule has 31 heavy (non-hydrogen) atoms. The molecule has 7 nitrogen and oxygen atoms in total. The fourth-order valence-corrected chi connectivity index (χ4v) is 4.17. The summed E-state index contributed by atoms with van der Waals surface area (Å²) in [6.45, 7) is 1.53. The SMILES string of the molecule is CSc1ccc([C@@H]2NC(=O)N(CC(=O)Nc3cc(Cl)ccc3C)C3=C2C(=O)OC3)cc1. The molecule has 4 rings (SSSR count). The van der Waals surface area contributed by atoms with Gasteiger partial charge >= 0.3 is 12.0 Å². The number of nitrogens with one attached hydrogen (secondary N) is 2. The number of cyclic esters (lactones) is 1. The van der Waals surface area contributed by atoms with Crippen molar-refractivity contribution < 1.29 is 19.1 Å². The number of rotatable bonds is 5.